The lowest BCUT2D eigenvalue weighted by Gasteiger charge is -2.25. The molecule has 8 nitrogen and oxygen atoms in total. The molecule has 1 amide bonds. The molecule has 0 saturated carbocycles. The Labute approximate surface area is 203 Å². The molecule has 0 radical (unpaired) electrons. The Morgan fingerprint density at radius 3 is 2.65 bits per heavy atom. The molecule has 0 aliphatic carbocycles. The predicted molar refractivity (Wildman–Crippen MR) is 130 cm³/mol. The molecule has 34 heavy (non-hydrogen) atoms. The number of anilines is 1. The van der Waals surface area contributed by atoms with E-state index in [9.17, 15) is 13.2 Å². The number of rotatable bonds is 6. The van der Waals surface area contributed by atoms with E-state index in [0.717, 1.165) is 31.4 Å². The summed E-state index contributed by atoms with van der Waals surface area (Å²) < 4.78 is 33.4. The van der Waals surface area contributed by atoms with Crippen LogP contribution in [0.2, 0.25) is 0 Å². The van der Waals surface area contributed by atoms with Gasteiger partial charge in [-0.05, 0) is 56.0 Å². The van der Waals surface area contributed by atoms with E-state index in [1.54, 1.807) is 29.2 Å². The molecule has 3 aromatic rings. The van der Waals surface area contributed by atoms with Crippen molar-refractivity contribution < 1.29 is 17.6 Å². The molecule has 0 unspecified atom stereocenters. The maximum atomic E-state index is 13.0. The number of para-hydroxylation sites is 1. The number of carbonyl (C=O) groups excluding carboxylic acids is 1. The van der Waals surface area contributed by atoms with E-state index in [-0.39, 0.29) is 21.9 Å². The van der Waals surface area contributed by atoms with Gasteiger partial charge in [-0.2, -0.15) is 4.31 Å². The molecule has 0 spiro atoms. The van der Waals surface area contributed by atoms with E-state index in [1.807, 2.05) is 31.2 Å². The molecule has 2 aromatic carbocycles. The fourth-order valence-corrected chi connectivity index (χ4v) is 6.72. The number of hydrogen-bond acceptors (Lipinski definition) is 7. The summed E-state index contributed by atoms with van der Waals surface area (Å²) in [5.74, 6) is 0.216. The van der Waals surface area contributed by atoms with Crippen LogP contribution in [0.5, 0.6) is 0 Å². The number of hydrogen-bond donors (Lipinski definition) is 0. The molecular formula is C24H26N4O4S2. The zero-order valence-corrected chi connectivity index (χ0v) is 20.5. The van der Waals surface area contributed by atoms with Crippen molar-refractivity contribution >= 4 is 33.4 Å². The van der Waals surface area contributed by atoms with Gasteiger partial charge in [0.15, 0.2) is 0 Å². The van der Waals surface area contributed by atoms with E-state index in [1.165, 1.54) is 21.6 Å². The summed E-state index contributed by atoms with van der Waals surface area (Å²) in [5.41, 5.74) is 2.66. The van der Waals surface area contributed by atoms with Gasteiger partial charge in [0.2, 0.25) is 21.8 Å². The number of fused-ring (bicyclic) bond motifs is 1. The lowest BCUT2D eigenvalue weighted by molar-refractivity contribution is -0.117. The normalized spacial score (nSPS) is 17.5. The van der Waals surface area contributed by atoms with Gasteiger partial charge in [-0.1, -0.05) is 42.4 Å². The van der Waals surface area contributed by atoms with Gasteiger partial charge in [-0.25, -0.2) is 8.42 Å². The van der Waals surface area contributed by atoms with E-state index >= 15 is 0 Å². The molecule has 10 heteroatoms. The molecule has 1 fully saturated rings. The van der Waals surface area contributed by atoms with Crippen molar-refractivity contribution in [3.8, 4) is 11.5 Å². The molecule has 0 N–H and O–H groups in total. The fraction of sp³-hybridized carbons (Fsp3) is 0.375. The molecule has 1 saturated heterocycles. The maximum absolute atomic E-state index is 13.0. The van der Waals surface area contributed by atoms with Crippen LogP contribution in [-0.4, -0.2) is 53.7 Å². The van der Waals surface area contributed by atoms with Crippen molar-refractivity contribution in [1.29, 1.82) is 0 Å². The van der Waals surface area contributed by atoms with Crippen molar-refractivity contribution in [2.75, 3.05) is 24.5 Å². The lowest BCUT2D eigenvalue weighted by Crippen LogP contribution is -2.35. The second-order valence-electron chi connectivity index (χ2n) is 8.49. The number of carbonyl (C=O) groups is 1. The highest BCUT2D eigenvalue weighted by molar-refractivity contribution is 8.00. The highest BCUT2D eigenvalue weighted by Gasteiger charge is 2.30. The van der Waals surface area contributed by atoms with Gasteiger partial charge in [0.25, 0.3) is 5.22 Å². The number of nitrogens with zero attached hydrogens (tertiary/aromatic N) is 4. The summed E-state index contributed by atoms with van der Waals surface area (Å²) in [6, 6.07) is 14.5. The minimum atomic E-state index is -3.56. The zero-order valence-electron chi connectivity index (χ0n) is 18.9. The first-order chi connectivity index (χ1) is 16.4. The minimum absolute atomic E-state index is 0.00989. The van der Waals surface area contributed by atoms with E-state index in [0.29, 0.717) is 25.2 Å². The summed E-state index contributed by atoms with van der Waals surface area (Å²) >= 11 is 1.20. The summed E-state index contributed by atoms with van der Waals surface area (Å²) in [5, 5.41) is 8.04. The summed E-state index contributed by atoms with van der Waals surface area (Å²) in [7, 11) is -3.56. The predicted octanol–water partition coefficient (Wildman–Crippen LogP) is 3.98. The third-order valence-electron chi connectivity index (χ3n) is 6.22. The Morgan fingerprint density at radius 1 is 1.03 bits per heavy atom. The molecule has 2 aliphatic rings. The Bertz CT molecular complexity index is 1300. The largest absolute Gasteiger partial charge is 0.411 e. The van der Waals surface area contributed by atoms with Crippen LogP contribution in [0.25, 0.3) is 11.5 Å². The van der Waals surface area contributed by atoms with Crippen LogP contribution in [-0.2, 0) is 21.2 Å². The number of aromatic nitrogens is 2. The first-order valence-electron chi connectivity index (χ1n) is 11.4. The van der Waals surface area contributed by atoms with Crippen LogP contribution >= 0.6 is 11.8 Å². The smallest absolute Gasteiger partial charge is 0.277 e. The topological polar surface area (TPSA) is 96.6 Å². The van der Waals surface area contributed by atoms with Gasteiger partial charge >= 0.3 is 0 Å². The van der Waals surface area contributed by atoms with Gasteiger partial charge in [0.05, 0.1) is 10.1 Å². The quantitative estimate of drug-likeness (QED) is 0.474. The van der Waals surface area contributed by atoms with Gasteiger partial charge in [0.1, 0.15) is 0 Å². The van der Waals surface area contributed by atoms with Gasteiger partial charge < -0.3 is 9.32 Å². The van der Waals surface area contributed by atoms with Gasteiger partial charge in [-0.15, -0.1) is 10.2 Å². The Hall–Kier alpha value is -2.69. The summed E-state index contributed by atoms with van der Waals surface area (Å²) in [6.45, 7) is 3.57. The van der Waals surface area contributed by atoms with Crippen LogP contribution in [0, 0.1) is 0 Å². The van der Waals surface area contributed by atoms with Crippen LogP contribution in [0.4, 0.5) is 5.69 Å². The molecule has 178 valence electrons. The molecular weight excluding hydrogens is 472 g/mol. The van der Waals surface area contributed by atoms with Crippen molar-refractivity contribution in [2.24, 2.45) is 0 Å². The number of benzene rings is 2. The Morgan fingerprint density at radius 2 is 1.82 bits per heavy atom. The Balaban J connectivity index is 1.30. The molecule has 2 aliphatic heterocycles. The first-order valence-corrected chi connectivity index (χ1v) is 13.8. The van der Waals surface area contributed by atoms with Crippen LogP contribution in [0.1, 0.15) is 31.7 Å². The van der Waals surface area contributed by atoms with E-state index < -0.39 is 15.3 Å². The van der Waals surface area contributed by atoms with Crippen molar-refractivity contribution in [2.45, 2.75) is 48.0 Å². The first kappa shape index (κ1) is 23.1. The van der Waals surface area contributed by atoms with E-state index in [4.69, 9.17) is 4.42 Å². The third kappa shape index (κ3) is 4.49. The monoisotopic (exact) mass is 498 g/mol. The van der Waals surface area contributed by atoms with E-state index in [2.05, 4.69) is 10.2 Å². The molecule has 1 atom stereocenters. The zero-order chi connectivity index (χ0) is 23.7. The number of amides is 1. The standard InChI is InChI=1S/C24H26N4O4S2/c1-17(23(29)28-15-12-18-8-3-4-11-21(18)28)33-24-26-25-22(32-24)19-9-7-10-20(16-19)34(30,31)27-13-5-2-6-14-27/h3-4,7-11,16-17H,2,5-6,12-15H2,1H3/t17-/m1/s1. The molecule has 1 aromatic heterocycles. The third-order valence-corrected chi connectivity index (χ3v) is 9.04. The number of piperidine rings is 1. The second kappa shape index (κ2) is 9.52. The van der Waals surface area contributed by atoms with Crippen molar-refractivity contribution in [3.05, 3.63) is 54.1 Å². The van der Waals surface area contributed by atoms with Crippen molar-refractivity contribution in [3.63, 3.8) is 0 Å². The summed E-state index contributed by atoms with van der Waals surface area (Å²) in [6.07, 6.45) is 3.66. The SMILES string of the molecule is C[C@@H](Sc1nnc(-c2cccc(S(=O)(=O)N3CCCCC3)c2)o1)C(=O)N1CCc2ccccc21. The second-order valence-corrected chi connectivity index (χ2v) is 11.7. The van der Waals surface area contributed by atoms with Crippen LogP contribution < -0.4 is 4.90 Å². The molecule has 3 heterocycles. The van der Waals surface area contributed by atoms with Crippen LogP contribution in [0.15, 0.2) is 63.1 Å². The number of thioether (sulfide) groups is 1. The van der Waals surface area contributed by atoms with Gasteiger partial charge in [0, 0.05) is 30.9 Å². The van der Waals surface area contributed by atoms with Crippen molar-refractivity contribution in [1.82, 2.24) is 14.5 Å². The lowest BCUT2D eigenvalue weighted by atomic mass is 10.2. The Kier molecular flexibility index (Phi) is 6.46. The fourth-order valence-electron chi connectivity index (χ4n) is 4.41. The highest BCUT2D eigenvalue weighted by atomic mass is 32.2. The van der Waals surface area contributed by atoms with Gasteiger partial charge in [-0.3, -0.25) is 4.79 Å². The molecule has 0 bridgehead atoms. The number of sulfonamides is 1. The maximum Gasteiger partial charge on any atom is 0.277 e. The minimum Gasteiger partial charge on any atom is -0.411 e. The highest BCUT2D eigenvalue weighted by Crippen LogP contribution is 2.32. The summed E-state index contributed by atoms with van der Waals surface area (Å²) in [4.78, 5) is 15.1. The average Bonchev–Trinajstić information content (AvgIpc) is 3.51. The molecule has 5 rings (SSSR count). The average molecular weight is 499 g/mol. The van der Waals surface area contributed by atoms with Crippen LogP contribution in [0.3, 0.4) is 0 Å².